The van der Waals surface area contributed by atoms with Gasteiger partial charge in [-0.05, 0) is 29.7 Å². The summed E-state index contributed by atoms with van der Waals surface area (Å²) in [7, 11) is 1.38. The maximum atomic E-state index is 11.2. The number of benzene rings is 1. The predicted molar refractivity (Wildman–Crippen MR) is 64.3 cm³/mol. The van der Waals surface area contributed by atoms with E-state index < -0.39 is 0 Å². The summed E-state index contributed by atoms with van der Waals surface area (Å²) in [6.45, 7) is 2.03. The van der Waals surface area contributed by atoms with E-state index in [4.69, 9.17) is 11.6 Å². The Morgan fingerprint density at radius 3 is 2.73 bits per heavy atom. The van der Waals surface area contributed by atoms with Crippen molar-refractivity contribution in [2.75, 3.05) is 7.11 Å². The first-order valence-electron chi connectivity index (χ1n) is 4.62. The number of halogens is 2. The summed E-state index contributed by atoms with van der Waals surface area (Å²) in [6, 6.07) is 3.77. The number of hydrogen-bond donors (Lipinski definition) is 0. The fourth-order valence-electron chi connectivity index (χ4n) is 1.39. The van der Waals surface area contributed by atoms with E-state index in [0.717, 1.165) is 22.0 Å². The zero-order valence-corrected chi connectivity index (χ0v) is 11.0. The van der Waals surface area contributed by atoms with Crippen molar-refractivity contribution in [3.63, 3.8) is 0 Å². The fraction of sp³-hybridized carbons (Fsp3) is 0.364. The first-order valence-corrected chi connectivity index (χ1v) is 5.79. The topological polar surface area (TPSA) is 26.3 Å². The zero-order chi connectivity index (χ0) is 11.4. The zero-order valence-electron chi connectivity index (χ0n) is 8.64. The highest BCUT2D eigenvalue weighted by molar-refractivity contribution is 9.10. The van der Waals surface area contributed by atoms with Crippen LogP contribution in [-0.2, 0) is 22.4 Å². The van der Waals surface area contributed by atoms with Crippen LogP contribution in [0, 0.1) is 0 Å². The lowest BCUT2D eigenvalue weighted by molar-refractivity contribution is -0.139. The molecule has 0 unspecified atom stereocenters. The lowest BCUT2D eigenvalue weighted by Gasteiger charge is -2.09. The van der Waals surface area contributed by atoms with E-state index in [-0.39, 0.29) is 12.4 Å². The average Bonchev–Trinajstić information content (AvgIpc) is 2.21. The number of ether oxygens (including phenoxy) is 1. The monoisotopic (exact) mass is 290 g/mol. The number of rotatable bonds is 3. The van der Waals surface area contributed by atoms with Crippen molar-refractivity contribution in [1.29, 1.82) is 0 Å². The van der Waals surface area contributed by atoms with Crippen molar-refractivity contribution in [2.45, 2.75) is 19.8 Å². The van der Waals surface area contributed by atoms with Crippen LogP contribution in [0.15, 0.2) is 16.6 Å². The van der Waals surface area contributed by atoms with Gasteiger partial charge in [-0.25, -0.2) is 0 Å². The normalized spacial score (nSPS) is 10.1. The van der Waals surface area contributed by atoms with Gasteiger partial charge in [0, 0.05) is 9.50 Å². The van der Waals surface area contributed by atoms with E-state index >= 15 is 0 Å². The van der Waals surface area contributed by atoms with E-state index in [1.54, 1.807) is 6.07 Å². The Hall–Kier alpha value is -0.540. The summed E-state index contributed by atoms with van der Waals surface area (Å²) in [5.41, 5.74) is 1.92. The van der Waals surface area contributed by atoms with E-state index in [9.17, 15) is 4.79 Å². The highest BCUT2D eigenvalue weighted by Gasteiger charge is 2.12. The van der Waals surface area contributed by atoms with Crippen LogP contribution < -0.4 is 0 Å². The van der Waals surface area contributed by atoms with Gasteiger partial charge < -0.3 is 4.74 Å². The number of hydrogen-bond acceptors (Lipinski definition) is 2. The third-order valence-corrected chi connectivity index (χ3v) is 2.98. The molecule has 82 valence electrons. The van der Waals surface area contributed by atoms with Crippen LogP contribution in [-0.4, -0.2) is 13.1 Å². The number of methoxy groups -OCH3 is 1. The first kappa shape index (κ1) is 12.5. The Bertz CT molecular complexity index is 377. The highest BCUT2D eigenvalue weighted by atomic mass is 79.9. The molecular formula is C11H12BrClO2. The molecule has 15 heavy (non-hydrogen) atoms. The maximum absolute atomic E-state index is 11.2. The van der Waals surface area contributed by atoms with Gasteiger partial charge >= 0.3 is 5.97 Å². The largest absolute Gasteiger partial charge is 0.469 e. The molecular weight excluding hydrogens is 279 g/mol. The molecule has 0 aliphatic rings. The third kappa shape index (κ3) is 3.21. The van der Waals surface area contributed by atoms with Crippen molar-refractivity contribution >= 4 is 33.5 Å². The van der Waals surface area contributed by atoms with Crippen molar-refractivity contribution in [2.24, 2.45) is 0 Å². The molecule has 1 aromatic carbocycles. The van der Waals surface area contributed by atoms with E-state index in [2.05, 4.69) is 20.7 Å². The second kappa shape index (κ2) is 5.52. The molecule has 0 bridgehead atoms. The molecule has 1 aromatic rings. The molecule has 0 aromatic heterocycles. The van der Waals surface area contributed by atoms with Crippen molar-refractivity contribution in [3.8, 4) is 0 Å². The molecule has 0 radical (unpaired) electrons. The first-order chi connectivity index (χ1) is 7.08. The number of esters is 1. The molecule has 0 saturated carbocycles. The molecule has 0 spiro atoms. The van der Waals surface area contributed by atoms with Gasteiger partial charge in [-0.1, -0.05) is 34.5 Å². The van der Waals surface area contributed by atoms with E-state index in [1.807, 2.05) is 13.0 Å². The van der Waals surface area contributed by atoms with Crippen LogP contribution in [0.3, 0.4) is 0 Å². The van der Waals surface area contributed by atoms with Crippen LogP contribution in [0.25, 0.3) is 0 Å². The number of carbonyl (C=O) groups excluding carboxylic acids is 1. The molecule has 0 aliphatic heterocycles. The minimum atomic E-state index is -0.270. The summed E-state index contributed by atoms with van der Waals surface area (Å²) in [6.07, 6.45) is 1.07. The average molecular weight is 292 g/mol. The van der Waals surface area contributed by atoms with Crippen molar-refractivity contribution in [3.05, 3.63) is 32.8 Å². The van der Waals surface area contributed by atoms with Gasteiger partial charge in [0.05, 0.1) is 13.5 Å². The summed E-state index contributed by atoms with van der Waals surface area (Å²) >= 11 is 9.45. The molecule has 0 amide bonds. The van der Waals surface area contributed by atoms with Gasteiger partial charge in [-0.15, -0.1) is 0 Å². The van der Waals surface area contributed by atoms with Crippen LogP contribution in [0.5, 0.6) is 0 Å². The summed E-state index contributed by atoms with van der Waals surface area (Å²) in [4.78, 5) is 11.2. The predicted octanol–water partition coefficient (Wildman–Crippen LogP) is 3.38. The Morgan fingerprint density at radius 2 is 2.20 bits per heavy atom. The molecule has 0 heterocycles. The highest BCUT2D eigenvalue weighted by Crippen LogP contribution is 2.26. The smallest absolute Gasteiger partial charge is 0.310 e. The minimum Gasteiger partial charge on any atom is -0.469 e. The lowest BCUT2D eigenvalue weighted by Crippen LogP contribution is -2.07. The van der Waals surface area contributed by atoms with Crippen LogP contribution in [0.2, 0.25) is 5.02 Å². The number of carbonyl (C=O) groups is 1. The van der Waals surface area contributed by atoms with E-state index in [1.165, 1.54) is 7.11 Å². The second-order valence-corrected chi connectivity index (χ2v) is 4.45. The second-order valence-electron chi connectivity index (χ2n) is 3.13. The minimum absolute atomic E-state index is 0.228. The fourth-order valence-corrected chi connectivity index (χ4v) is 2.33. The van der Waals surface area contributed by atoms with Gasteiger partial charge in [-0.3, -0.25) is 4.79 Å². The van der Waals surface area contributed by atoms with Crippen LogP contribution in [0.1, 0.15) is 18.1 Å². The van der Waals surface area contributed by atoms with Gasteiger partial charge in [-0.2, -0.15) is 0 Å². The van der Waals surface area contributed by atoms with E-state index in [0.29, 0.717) is 5.02 Å². The van der Waals surface area contributed by atoms with Crippen LogP contribution >= 0.6 is 27.5 Å². The van der Waals surface area contributed by atoms with Gasteiger partial charge in [0.15, 0.2) is 0 Å². The molecule has 4 heteroatoms. The molecule has 0 aliphatic carbocycles. The molecule has 1 rings (SSSR count). The number of aryl methyl sites for hydroxylation is 1. The Kier molecular flexibility index (Phi) is 4.61. The molecule has 0 N–H and O–H groups in total. The Labute approximate surface area is 103 Å². The Morgan fingerprint density at radius 1 is 1.53 bits per heavy atom. The van der Waals surface area contributed by atoms with Crippen LogP contribution in [0.4, 0.5) is 0 Å². The summed E-state index contributed by atoms with van der Waals surface area (Å²) in [5, 5.41) is 0.603. The molecule has 0 fully saturated rings. The standard InChI is InChI=1S/C11H12BrClO2/c1-3-7-4-8(12)5-10(13)9(7)6-11(14)15-2/h4-5H,3,6H2,1-2H3. The molecule has 2 nitrogen and oxygen atoms in total. The summed E-state index contributed by atoms with van der Waals surface area (Å²) in [5.74, 6) is -0.270. The molecule has 0 atom stereocenters. The quantitative estimate of drug-likeness (QED) is 0.798. The van der Waals surface area contributed by atoms with Crippen molar-refractivity contribution in [1.82, 2.24) is 0 Å². The summed E-state index contributed by atoms with van der Waals surface area (Å²) < 4.78 is 5.56. The molecule has 0 saturated heterocycles. The Balaban J connectivity index is 3.09. The third-order valence-electron chi connectivity index (χ3n) is 2.18. The van der Waals surface area contributed by atoms with Gasteiger partial charge in [0.1, 0.15) is 0 Å². The SMILES string of the molecule is CCc1cc(Br)cc(Cl)c1CC(=O)OC. The van der Waals surface area contributed by atoms with Gasteiger partial charge in [0.25, 0.3) is 0 Å². The maximum Gasteiger partial charge on any atom is 0.310 e. The van der Waals surface area contributed by atoms with Crippen molar-refractivity contribution < 1.29 is 9.53 Å². The van der Waals surface area contributed by atoms with Gasteiger partial charge in [0.2, 0.25) is 0 Å². The lowest BCUT2D eigenvalue weighted by atomic mass is 10.0.